The highest BCUT2D eigenvalue weighted by atomic mass is 16.2. The van der Waals surface area contributed by atoms with Gasteiger partial charge in [0.1, 0.15) is 5.82 Å². The average molecular weight is 339 g/mol. The molecule has 0 fully saturated rings. The first kappa shape index (κ1) is 17.7. The largest absolute Gasteiger partial charge is 0.330 e. The zero-order valence-corrected chi connectivity index (χ0v) is 15.6. The molecule has 0 aliphatic carbocycles. The van der Waals surface area contributed by atoms with Crippen LogP contribution in [0.15, 0.2) is 36.5 Å². The first-order chi connectivity index (χ1) is 12.2. The minimum Gasteiger partial charge on any atom is -0.330 e. The van der Waals surface area contributed by atoms with Gasteiger partial charge in [0.05, 0.1) is 17.9 Å². The number of aromatic nitrogens is 2. The van der Waals surface area contributed by atoms with Gasteiger partial charge in [0.25, 0.3) is 0 Å². The van der Waals surface area contributed by atoms with Crippen molar-refractivity contribution in [2.45, 2.75) is 59.0 Å². The minimum atomic E-state index is 0.0826. The summed E-state index contributed by atoms with van der Waals surface area (Å²) in [5, 5.41) is 0. The Morgan fingerprint density at radius 3 is 2.68 bits per heavy atom. The lowest BCUT2D eigenvalue weighted by Gasteiger charge is -2.38. The van der Waals surface area contributed by atoms with E-state index in [2.05, 4.69) is 47.6 Å². The van der Waals surface area contributed by atoms with Crippen LogP contribution in [0.1, 0.15) is 58.3 Å². The number of carbonyl (C=O) groups excluding carboxylic acids is 1. The molecule has 1 aromatic heterocycles. The highest BCUT2D eigenvalue weighted by Gasteiger charge is 2.34. The van der Waals surface area contributed by atoms with Crippen LogP contribution in [0, 0.1) is 5.92 Å². The van der Waals surface area contributed by atoms with E-state index in [-0.39, 0.29) is 17.9 Å². The van der Waals surface area contributed by atoms with Crippen molar-refractivity contribution in [1.29, 1.82) is 0 Å². The van der Waals surface area contributed by atoms with Gasteiger partial charge in [-0.2, -0.15) is 0 Å². The van der Waals surface area contributed by atoms with Crippen LogP contribution in [0.2, 0.25) is 0 Å². The third-order valence-corrected chi connectivity index (χ3v) is 5.34. The molecular formula is C21H29N3O. The third-order valence-electron chi connectivity index (χ3n) is 5.34. The van der Waals surface area contributed by atoms with Crippen molar-refractivity contribution in [2.75, 3.05) is 6.54 Å². The van der Waals surface area contributed by atoms with Crippen LogP contribution < -0.4 is 0 Å². The monoisotopic (exact) mass is 339 g/mol. The van der Waals surface area contributed by atoms with Crippen molar-refractivity contribution < 1.29 is 4.79 Å². The van der Waals surface area contributed by atoms with E-state index in [4.69, 9.17) is 4.98 Å². The molecule has 1 aliphatic rings. The van der Waals surface area contributed by atoms with Gasteiger partial charge in [0.15, 0.2) is 0 Å². The number of fused-ring (bicyclic) bond motifs is 1. The summed E-state index contributed by atoms with van der Waals surface area (Å²) in [4.78, 5) is 19.7. The molecule has 134 valence electrons. The number of amides is 1. The summed E-state index contributed by atoms with van der Waals surface area (Å²) in [6.07, 6.45) is 6.10. The molecule has 3 rings (SSSR count). The topological polar surface area (TPSA) is 38.1 Å². The standard InChI is InChI=1S/C21H29N3O/c1-4-6-12-18-20-22-15-19(17-10-8-7-9-11-17)23(20)13-14-24(18)21(25)16(3)5-2/h7-11,15-16,18H,4-6,12-14H2,1-3H3. The van der Waals surface area contributed by atoms with Crippen LogP contribution in [-0.4, -0.2) is 26.9 Å². The van der Waals surface area contributed by atoms with Gasteiger partial charge >= 0.3 is 0 Å². The first-order valence-electron chi connectivity index (χ1n) is 9.58. The smallest absolute Gasteiger partial charge is 0.226 e. The van der Waals surface area contributed by atoms with E-state index in [0.717, 1.165) is 50.3 Å². The van der Waals surface area contributed by atoms with Gasteiger partial charge in [0, 0.05) is 19.0 Å². The van der Waals surface area contributed by atoms with Gasteiger partial charge < -0.3 is 9.47 Å². The van der Waals surface area contributed by atoms with Gasteiger partial charge in [-0.25, -0.2) is 4.98 Å². The second-order valence-electron chi connectivity index (χ2n) is 7.02. The first-order valence-corrected chi connectivity index (χ1v) is 9.58. The maximum atomic E-state index is 12.9. The summed E-state index contributed by atoms with van der Waals surface area (Å²) < 4.78 is 2.32. The average Bonchev–Trinajstić information content (AvgIpc) is 3.09. The molecular weight excluding hydrogens is 310 g/mol. The molecule has 1 amide bonds. The van der Waals surface area contributed by atoms with Crippen molar-refractivity contribution in [3.05, 3.63) is 42.4 Å². The molecule has 1 aromatic carbocycles. The quantitative estimate of drug-likeness (QED) is 0.767. The number of benzene rings is 1. The van der Waals surface area contributed by atoms with Crippen LogP contribution in [0.3, 0.4) is 0 Å². The van der Waals surface area contributed by atoms with E-state index in [9.17, 15) is 4.79 Å². The Morgan fingerprint density at radius 2 is 2.00 bits per heavy atom. The Bertz CT molecular complexity index is 707. The molecule has 2 atom stereocenters. The summed E-state index contributed by atoms with van der Waals surface area (Å²) in [5.74, 6) is 1.41. The predicted molar refractivity (Wildman–Crippen MR) is 101 cm³/mol. The van der Waals surface area contributed by atoms with Crippen molar-refractivity contribution >= 4 is 5.91 Å². The van der Waals surface area contributed by atoms with Gasteiger partial charge in [-0.1, -0.05) is 63.9 Å². The number of carbonyl (C=O) groups is 1. The molecule has 4 nitrogen and oxygen atoms in total. The normalized spacial score (nSPS) is 18.0. The Kier molecular flexibility index (Phi) is 5.57. The lowest BCUT2D eigenvalue weighted by molar-refractivity contribution is -0.139. The van der Waals surface area contributed by atoms with Crippen LogP contribution in [0.25, 0.3) is 11.3 Å². The van der Waals surface area contributed by atoms with E-state index < -0.39 is 0 Å². The fourth-order valence-electron chi connectivity index (χ4n) is 3.64. The van der Waals surface area contributed by atoms with Crippen molar-refractivity contribution in [3.63, 3.8) is 0 Å². The van der Waals surface area contributed by atoms with E-state index >= 15 is 0 Å². The van der Waals surface area contributed by atoms with Gasteiger partial charge in [-0.05, 0) is 18.4 Å². The predicted octanol–water partition coefficient (Wildman–Crippen LogP) is 4.67. The highest BCUT2D eigenvalue weighted by Crippen LogP contribution is 2.34. The molecule has 0 radical (unpaired) electrons. The van der Waals surface area contributed by atoms with Crippen molar-refractivity contribution in [2.24, 2.45) is 5.92 Å². The van der Waals surface area contributed by atoms with Crippen molar-refractivity contribution in [1.82, 2.24) is 14.5 Å². The Labute approximate surface area is 150 Å². The zero-order valence-electron chi connectivity index (χ0n) is 15.6. The number of rotatable bonds is 6. The van der Waals surface area contributed by atoms with E-state index in [1.807, 2.05) is 19.2 Å². The maximum Gasteiger partial charge on any atom is 0.226 e. The molecule has 2 heterocycles. The summed E-state index contributed by atoms with van der Waals surface area (Å²) >= 11 is 0. The highest BCUT2D eigenvalue weighted by molar-refractivity contribution is 5.79. The molecule has 0 bridgehead atoms. The number of hydrogen-bond acceptors (Lipinski definition) is 2. The molecule has 0 saturated carbocycles. The fraction of sp³-hybridized carbons (Fsp3) is 0.524. The molecule has 2 unspecified atom stereocenters. The summed E-state index contributed by atoms with van der Waals surface area (Å²) in [5.41, 5.74) is 2.35. The number of imidazole rings is 1. The molecule has 4 heteroatoms. The molecule has 0 saturated heterocycles. The van der Waals surface area contributed by atoms with Crippen LogP contribution >= 0.6 is 0 Å². The second kappa shape index (κ2) is 7.85. The van der Waals surface area contributed by atoms with Crippen LogP contribution in [0.5, 0.6) is 0 Å². The van der Waals surface area contributed by atoms with Gasteiger partial charge in [0.2, 0.25) is 5.91 Å². The van der Waals surface area contributed by atoms with E-state index in [1.54, 1.807) is 0 Å². The maximum absolute atomic E-state index is 12.9. The SMILES string of the molecule is CCCCC1c2ncc(-c3ccccc3)n2CCN1C(=O)C(C)CC. The van der Waals surface area contributed by atoms with Crippen molar-refractivity contribution in [3.8, 4) is 11.3 Å². The number of hydrogen-bond donors (Lipinski definition) is 0. The molecule has 2 aromatic rings. The van der Waals surface area contributed by atoms with Crippen LogP contribution in [0.4, 0.5) is 0 Å². The fourth-order valence-corrected chi connectivity index (χ4v) is 3.64. The molecule has 1 aliphatic heterocycles. The van der Waals surface area contributed by atoms with E-state index in [0.29, 0.717) is 0 Å². The zero-order chi connectivity index (χ0) is 17.8. The lowest BCUT2D eigenvalue weighted by Crippen LogP contribution is -2.44. The minimum absolute atomic E-state index is 0.0826. The summed E-state index contributed by atoms with van der Waals surface area (Å²) in [7, 11) is 0. The number of unbranched alkanes of at least 4 members (excludes halogenated alkanes) is 1. The van der Waals surface area contributed by atoms with Crippen LogP contribution in [-0.2, 0) is 11.3 Å². The molecule has 0 spiro atoms. The Balaban J connectivity index is 1.95. The molecule has 25 heavy (non-hydrogen) atoms. The summed E-state index contributed by atoms with van der Waals surface area (Å²) in [6.45, 7) is 7.92. The number of nitrogens with zero attached hydrogens (tertiary/aromatic N) is 3. The Hall–Kier alpha value is -2.10. The molecule has 0 N–H and O–H groups in total. The van der Waals surface area contributed by atoms with Gasteiger partial charge in [-0.15, -0.1) is 0 Å². The third kappa shape index (κ3) is 3.48. The lowest BCUT2D eigenvalue weighted by atomic mass is 10.0. The van der Waals surface area contributed by atoms with Gasteiger partial charge in [-0.3, -0.25) is 4.79 Å². The Morgan fingerprint density at radius 1 is 1.24 bits per heavy atom. The second-order valence-corrected chi connectivity index (χ2v) is 7.02. The van der Waals surface area contributed by atoms with E-state index in [1.165, 1.54) is 5.56 Å². The summed E-state index contributed by atoms with van der Waals surface area (Å²) in [6, 6.07) is 10.5.